The number of nitrogens with zero attached hydrogens (tertiary/aromatic N) is 5. The van der Waals surface area contributed by atoms with E-state index in [1.807, 2.05) is 26.8 Å². The van der Waals surface area contributed by atoms with E-state index in [1.165, 1.54) is 0 Å². The second-order valence-electron chi connectivity index (χ2n) is 6.43. The molecule has 0 spiro atoms. The van der Waals surface area contributed by atoms with Crippen LogP contribution >= 0.6 is 0 Å². The first-order valence-electron chi connectivity index (χ1n) is 8.42. The lowest BCUT2D eigenvalue weighted by Gasteiger charge is -2.20. The van der Waals surface area contributed by atoms with E-state index < -0.39 is 0 Å². The third-order valence-electron chi connectivity index (χ3n) is 4.62. The van der Waals surface area contributed by atoms with E-state index in [9.17, 15) is 4.79 Å². The number of carbonyl (C=O) groups excluding carboxylic acids is 1. The van der Waals surface area contributed by atoms with E-state index >= 15 is 0 Å². The minimum atomic E-state index is -0.0921. The molecule has 3 heterocycles. The van der Waals surface area contributed by atoms with Crippen molar-refractivity contribution in [1.82, 2.24) is 25.4 Å². The Balaban J connectivity index is 1.75. The quantitative estimate of drug-likeness (QED) is 0.703. The van der Waals surface area contributed by atoms with E-state index in [2.05, 4.69) is 20.5 Å². The predicted molar refractivity (Wildman–Crippen MR) is 88.0 cm³/mol. The Morgan fingerprint density at radius 2 is 2.04 bits per heavy atom. The van der Waals surface area contributed by atoms with Crippen molar-refractivity contribution < 1.29 is 13.9 Å². The lowest BCUT2D eigenvalue weighted by molar-refractivity contribution is 0.0750. The van der Waals surface area contributed by atoms with Crippen LogP contribution in [0.1, 0.15) is 58.8 Å². The molecule has 0 bridgehead atoms. The first-order valence-corrected chi connectivity index (χ1v) is 8.42. The van der Waals surface area contributed by atoms with Crippen molar-refractivity contribution in [3.63, 3.8) is 0 Å². The number of hydrogen-bond acceptors (Lipinski definition) is 7. The van der Waals surface area contributed by atoms with Gasteiger partial charge in [-0.15, -0.1) is 0 Å². The molecule has 8 nitrogen and oxygen atoms in total. The van der Waals surface area contributed by atoms with E-state index in [0.29, 0.717) is 52.8 Å². The summed E-state index contributed by atoms with van der Waals surface area (Å²) < 4.78 is 10.1. The van der Waals surface area contributed by atoms with Crippen LogP contribution in [0.25, 0.3) is 11.1 Å². The van der Waals surface area contributed by atoms with Gasteiger partial charge in [-0.25, -0.2) is 9.61 Å². The van der Waals surface area contributed by atoms with Crippen LogP contribution in [-0.4, -0.2) is 37.8 Å². The standard InChI is InChI=1S/C17H19N5O3/c1-4-22(8-14-9(2)20-25-21-14)17(23)12-7-13(11-5-6-11)18-16-15(12)10(3)19-24-16/h7,11H,4-6,8H2,1-3H3. The number of rotatable bonds is 5. The summed E-state index contributed by atoms with van der Waals surface area (Å²) >= 11 is 0. The summed E-state index contributed by atoms with van der Waals surface area (Å²) in [5.74, 6) is 0.323. The summed E-state index contributed by atoms with van der Waals surface area (Å²) in [5.41, 5.74) is 3.93. The molecule has 1 aliphatic carbocycles. The minimum absolute atomic E-state index is 0.0921. The van der Waals surface area contributed by atoms with E-state index in [1.54, 1.807) is 4.90 Å². The topological polar surface area (TPSA) is 98.2 Å². The van der Waals surface area contributed by atoms with Crippen LogP contribution in [0.3, 0.4) is 0 Å². The molecular formula is C17H19N5O3. The molecule has 1 saturated carbocycles. The monoisotopic (exact) mass is 341 g/mol. The highest BCUT2D eigenvalue weighted by Crippen LogP contribution is 2.40. The van der Waals surface area contributed by atoms with Gasteiger partial charge in [0.15, 0.2) is 0 Å². The van der Waals surface area contributed by atoms with Gasteiger partial charge in [-0.2, -0.15) is 0 Å². The number of carbonyl (C=O) groups is 1. The zero-order valence-corrected chi connectivity index (χ0v) is 14.4. The summed E-state index contributed by atoms with van der Waals surface area (Å²) in [6, 6.07) is 1.89. The molecule has 0 aliphatic heterocycles. The van der Waals surface area contributed by atoms with Crippen molar-refractivity contribution in [2.75, 3.05) is 6.54 Å². The Kier molecular flexibility index (Phi) is 3.74. The van der Waals surface area contributed by atoms with Crippen molar-refractivity contribution in [3.8, 4) is 0 Å². The fraction of sp³-hybridized carbons (Fsp3) is 0.471. The van der Waals surface area contributed by atoms with Crippen molar-refractivity contribution in [3.05, 3.63) is 34.4 Å². The number of hydrogen-bond donors (Lipinski definition) is 0. The largest absolute Gasteiger partial charge is 0.336 e. The van der Waals surface area contributed by atoms with Gasteiger partial charge in [0.05, 0.1) is 23.2 Å². The highest BCUT2D eigenvalue weighted by molar-refractivity contribution is 6.06. The Morgan fingerprint density at radius 3 is 2.68 bits per heavy atom. The van der Waals surface area contributed by atoms with Crippen molar-refractivity contribution in [2.45, 2.75) is 46.1 Å². The lowest BCUT2D eigenvalue weighted by Crippen LogP contribution is -2.31. The first kappa shape index (κ1) is 15.7. The van der Waals surface area contributed by atoms with E-state index in [-0.39, 0.29) is 5.91 Å². The minimum Gasteiger partial charge on any atom is -0.336 e. The SMILES string of the molecule is CCN(Cc1nonc1C)C(=O)c1cc(C2CC2)nc2onc(C)c12. The van der Waals surface area contributed by atoms with Gasteiger partial charge < -0.3 is 9.42 Å². The van der Waals surface area contributed by atoms with Gasteiger partial charge in [0.1, 0.15) is 11.4 Å². The van der Waals surface area contributed by atoms with Crippen LogP contribution in [0, 0.1) is 13.8 Å². The third kappa shape index (κ3) is 2.77. The maximum Gasteiger partial charge on any atom is 0.259 e. The molecule has 1 aliphatic rings. The normalized spacial score (nSPS) is 14.2. The first-order chi connectivity index (χ1) is 12.1. The molecule has 0 unspecified atom stereocenters. The summed E-state index contributed by atoms with van der Waals surface area (Å²) in [4.78, 5) is 19.5. The molecular weight excluding hydrogens is 322 g/mol. The number of aromatic nitrogens is 4. The Hall–Kier alpha value is -2.77. The fourth-order valence-electron chi connectivity index (χ4n) is 2.94. The highest BCUT2D eigenvalue weighted by atomic mass is 16.6. The molecule has 0 saturated heterocycles. The van der Waals surface area contributed by atoms with E-state index in [0.717, 1.165) is 18.5 Å². The number of aryl methyl sites for hydroxylation is 2. The Bertz CT molecular complexity index is 941. The van der Waals surface area contributed by atoms with Crippen LogP contribution in [0.5, 0.6) is 0 Å². The Labute approximate surface area is 144 Å². The number of pyridine rings is 1. The zero-order valence-electron chi connectivity index (χ0n) is 14.4. The molecule has 130 valence electrons. The predicted octanol–water partition coefficient (Wildman–Crippen LogP) is 2.76. The third-order valence-corrected chi connectivity index (χ3v) is 4.62. The molecule has 0 atom stereocenters. The average molecular weight is 341 g/mol. The summed E-state index contributed by atoms with van der Waals surface area (Å²) in [5, 5.41) is 12.3. The molecule has 25 heavy (non-hydrogen) atoms. The van der Waals surface area contributed by atoms with Gasteiger partial charge in [-0.1, -0.05) is 15.5 Å². The van der Waals surface area contributed by atoms with Crippen molar-refractivity contribution in [2.24, 2.45) is 0 Å². The number of fused-ring (bicyclic) bond motifs is 1. The lowest BCUT2D eigenvalue weighted by atomic mass is 10.1. The second kappa shape index (κ2) is 5.94. The van der Waals surface area contributed by atoms with Crippen LogP contribution in [0.2, 0.25) is 0 Å². The van der Waals surface area contributed by atoms with Gasteiger partial charge in [-0.3, -0.25) is 4.79 Å². The number of amides is 1. The molecule has 1 amide bonds. The molecule has 3 aromatic rings. The molecule has 0 aromatic carbocycles. The summed E-state index contributed by atoms with van der Waals surface area (Å²) in [7, 11) is 0. The summed E-state index contributed by atoms with van der Waals surface area (Å²) in [6.45, 7) is 6.45. The molecule has 0 N–H and O–H groups in total. The second-order valence-corrected chi connectivity index (χ2v) is 6.43. The van der Waals surface area contributed by atoms with Gasteiger partial charge in [0.2, 0.25) is 0 Å². The molecule has 3 aromatic heterocycles. The van der Waals surface area contributed by atoms with Crippen molar-refractivity contribution in [1.29, 1.82) is 0 Å². The Morgan fingerprint density at radius 1 is 1.24 bits per heavy atom. The van der Waals surface area contributed by atoms with Gasteiger partial charge in [0, 0.05) is 18.2 Å². The average Bonchev–Trinajstić information content (AvgIpc) is 3.30. The maximum absolute atomic E-state index is 13.2. The smallest absolute Gasteiger partial charge is 0.259 e. The van der Waals surface area contributed by atoms with Crippen LogP contribution in [0.4, 0.5) is 0 Å². The van der Waals surface area contributed by atoms with Crippen LogP contribution in [-0.2, 0) is 6.54 Å². The van der Waals surface area contributed by atoms with Gasteiger partial charge in [-0.05, 0) is 39.7 Å². The highest BCUT2D eigenvalue weighted by Gasteiger charge is 2.30. The van der Waals surface area contributed by atoms with Crippen LogP contribution < -0.4 is 0 Å². The maximum atomic E-state index is 13.2. The molecule has 0 radical (unpaired) electrons. The molecule has 1 fully saturated rings. The van der Waals surface area contributed by atoms with Gasteiger partial charge in [0.25, 0.3) is 11.6 Å². The summed E-state index contributed by atoms with van der Waals surface area (Å²) in [6.07, 6.45) is 2.20. The van der Waals surface area contributed by atoms with E-state index in [4.69, 9.17) is 9.15 Å². The van der Waals surface area contributed by atoms with Crippen molar-refractivity contribution >= 4 is 17.0 Å². The van der Waals surface area contributed by atoms with Crippen LogP contribution in [0.15, 0.2) is 15.2 Å². The molecule has 8 heteroatoms. The van der Waals surface area contributed by atoms with Gasteiger partial charge >= 0.3 is 0 Å². The zero-order chi connectivity index (χ0) is 17.6. The fourth-order valence-corrected chi connectivity index (χ4v) is 2.94. The molecule has 4 rings (SSSR count).